The molecule has 1 atom stereocenters. The summed E-state index contributed by atoms with van der Waals surface area (Å²) >= 11 is 1.52. The minimum Gasteiger partial charge on any atom is -0.324 e. The van der Waals surface area contributed by atoms with Gasteiger partial charge in [-0.15, -0.1) is 11.8 Å². The predicted octanol–water partition coefficient (Wildman–Crippen LogP) is 2.09. The SMILES string of the molecule is CN(C)S(=O)(=O)c1ccc(NC(=O)[C@@H]2CSCN2C(=O)c2ccccc2)cc1. The first-order chi connectivity index (χ1) is 13.3. The van der Waals surface area contributed by atoms with Crippen molar-refractivity contribution < 1.29 is 18.0 Å². The first-order valence-corrected chi connectivity index (χ1v) is 11.2. The molecule has 3 rings (SSSR count). The number of nitrogens with zero attached hydrogens (tertiary/aromatic N) is 2. The van der Waals surface area contributed by atoms with Crippen molar-refractivity contribution in [1.29, 1.82) is 0 Å². The summed E-state index contributed by atoms with van der Waals surface area (Å²) in [5.41, 5.74) is 1.02. The molecule has 1 aliphatic rings. The molecule has 28 heavy (non-hydrogen) atoms. The Bertz CT molecular complexity index is 960. The molecule has 1 saturated heterocycles. The number of anilines is 1. The highest BCUT2D eigenvalue weighted by Gasteiger charge is 2.35. The maximum absolute atomic E-state index is 12.7. The topological polar surface area (TPSA) is 86.8 Å². The lowest BCUT2D eigenvalue weighted by Crippen LogP contribution is -2.44. The van der Waals surface area contributed by atoms with Gasteiger partial charge in [0.15, 0.2) is 0 Å². The molecular weight excluding hydrogens is 398 g/mol. The highest BCUT2D eigenvalue weighted by Crippen LogP contribution is 2.25. The average Bonchev–Trinajstić information content (AvgIpc) is 3.18. The summed E-state index contributed by atoms with van der Waals surface area (Å²) in [6, 6.07) is 14.3. The van der Waals surface area contributed by atoms with E-state index in [4.69, 9.17) is 0 Å². The lowest BCUT2D eigenvalue weighted by Gasteiger charge is -2.23. The van der Waals surface area contributed by atoms with Crippen molar-refractivity contribution in [3.05, 3.63) is 60.2 Å². The molecule has 2 aromatic rings. The van der Waals surface area contributed by atoms with Crippen LogP contribution in [0.3, 0.4) is 0 Å². The van der Waals surface area contributed by atoms with Gasteiger partial charge in [0, 0.05) is 31.1 Å². The normalized spacial score (nSPS) is 17.0. The van der Waals surface area contributed by atoms with Gasteiger partial charge >= 0.3 is 0 Å². The third-order valence-corrected chi connectivity index (χ3v) is 7.21. The van der Waals surface area contributed by atoms with Crippen molar-refractivity contribution >= 4 is 39.3 Å². The number of rotatable bonds is 5. The molecule has 0 unspecified atom stereocenters. The lowest BCUT2D eigenvalue weighted by atomic mass is 10.1. The Morgan fingerprint density at radius 2 is 1.71 bits per heavy atom. The Balaban J connectivity index is 1.71. The van der Waals surface area contributed by atoms with Gasteiger partial charge in [-0.25, -0.2) is 12.7 Å². The Kier molecular flexibility index (Phi) is 6.07. The highest BCUT2D eigenvalue weighted by atomic mass is 32.2. The second-order valence-corrected chi connectivity index (χ2v) is 9.61. The Hall–Kier alpha value is -2.36. The number of nitrogens with one attached hydrogen (secondary N) is 1. The zero-order valence-electron chi connectivity index (χ0n) is 15.5. The smallest absolute Gasteiger partial charge is 0.255 e. The average molecular weight is 420 g/mol. The highest BCUT2D eigenvalue weighted by molar-refractivity contribution is 7.99. The van der Waals surface area contributed by atoms with Crippen molar-refractivity contribution in [3.63, 3.8) is 0 Å². The number of carbonyl (C=O) groups excluding carboxylic acids is 2. The van der Waals surface area contributed by atoms with Crippen LogP contribution in [-0.2, 0) is 14.8 Å². The summed E-state index contributed by atoms with van der Waals surface area (Å²) in [5, 5.41) is 2.77. The number of carbonyl (C=O) groups is 2. The fraction of sp³-hybridized carbons (Fsp3) is 0.263. The maximum Gasteiger partial charge on any atom is 0.255 e. The molecule has 9 heteroatoms. The van der Waals surface area contributed by atoms with Gasteiger partial charge in [0.2, 0.25) is 15.9 Å². The monoisotopic (exact) mass is 419 g/mol. The first-order valence-electron chi connectivity index (χ1n) is 8.58. The second kappa shape index (κ2) is 8.34. The minimum absolute atomic E-state index is 0.146. The summed E-state index contributed by atoms with van der Waals surface area (Å²) in [4.78, 5) is 27.1. The number of thioether (sulfide) groups is 1. The molecule has 0 radical (unpaired) electrons. The fourth-order valence-corrected chi connectivity index (χ4v) is 4.81. The largest absolute Gasteiger partial charge is 0.324 e. The fourth-order valence-electron chi connectivity index (χ4n) is 2.75. The number of hydrogen-bond donors (Lipinski definition) is 1. The van der Waals surface area contributed by atoms with Crippen LogP contribution in [0.15, 0.2) is 59.5 Å². The van der Waals surface area contributed by atoms with Gasteiger partial charge < -0.3 is 10.2 Å². The number of hydrogen-bond acceptors (Lipinski definition) is 5. The van der Waals surface area contributed by atoms with Crippen LogP contribution >= 0.6 is 11.8 Å². The zero-order valence-corrected chi connectivity index (χ0v) is 17.2. The summed E-state index contributed by atoms with van der Waals surface area (Å²) in [7, 11) is -0.605. The molecule has 0 bridgehead atoms. The van der Waals surface area contributed by atoms with E-state index >= 15 is 0 Å². The summed E-state index contributed by atoms with van der Waals surface area (Å²) in [5.74, 6) is 0.485. The molecule has 1 heterocycles. The van der Waals surface area contributed by atoms with E-state index in [-0.39, 0.29) is 16.7 Å². The summed E-state index contributed by atoms with van der Waals surface area (Å²) < 4.78 is 25.4. The number of amides is 2. The first kappa shape index (κ1) is 20.4. The van der Waals surface area contributed by atoms with E-state index in [0.29, 0.717) is 22.9 Å². The molecule has 0 aliphatic carbocycles. The van der Waals surface area contributed by atoms with Crippen LogP contribution in [0.1, 0.15) is 10.4 Å². The molecule has 1 N–H and O–H groups in total. The van der Waals surface area contributed by atoms with Crippen molar-refractivity contribution in [2.24, 2.45) is 0 Å². The van der Waals surface area contributed by atoms with E-state index in [1.54, 1.807) is 41.3 Å². The van der Waals surface area contributed by atoms with Crippen LogP contribution in [0.5, 0.6) is 0 Å². The van der Waals surface area contributed by atoms with Crippen LogP contribution < -0.4 is 5.32 Å². The minimum atomic E-state index is -3.52. The standard InChI is InChI=1S/C19H21N3O4S2/c1-21(2)28(25,26)16-10-8-15(9-11-16)20-18(23)17-12-27-13-22(17)19(24)14-6-4-3-5-7-14/h3-11,17H,12-13H2,1-2H3,(H,20,23)/t17-/m0/s1. The van der Waals surface area contributed by atoms with Gasteiger partial charge in [-0.1, -0.05) is 18.2 Å². The van der Waals surface area contributed by atoms with Gasteiger partial charge in [-0.3, -0.25) is 9.59 Å². The number of sulfonamides is 1. The van der Waals surface area contributed by atoms with Gasteiger partial charge in [0.05, 0.1) is 10.8 Å². The van der Waals surface area contributed by atoms with Crippen molar-refractivity contribution in [3.8, 4) is 0 Å². The lowest BCUT2D eigenvalue weighted by molar-refractivity contribution is -0.119. The third-order valence-electron chi connectivity index (χ3n) is 4.37. The second-order valence-electron chi connectivity index (χ2n) is 6.46. The van der Waals surface area contributed by atoms with Crippen LogP contribution in [0, 0.1) is 0 Å². The molecular formula is C19H21N3O4S2. The van der Waals surface area contributed by atoms with E-state index in [1.165, 1.54) is 38.0 Å². The maximum atomic E-state index is 12.7. The molecule has 0 saturated carbocycles. The molecule has 1 fully saturated rings. The van der Waals surface area contributed by atoms with Crippen LogP contribution in [0.2, 0.25) is 0 Å². The quantitative estimate of drug-likeness (QED) is 0.802. The Morgan fingerprint density at radius 1 is 1.07 bits per heavy atom. The van der Waals surface area contributed by atoms with E-state index in [9.17, 15) is 18.0 Å². The number of benzene rings is 2. The van der Waals surface area contributed by atoms with Gasteiger partial charge in [-0.05, 0) is 36.4 Å². The van der Waals surface area contributed by atoms with Crippen molar-refractivity contribution in [2.45, 2.75) is 10.9 Å². The molecule has 0 spiro atoms. The van der Waals surface area contributed by atoms with E-state index in [0.717, 1.165) is 4.31 Å². The van der Waals surface area contributed by atoms with Crippen molar-refractivity contribution in [2.75, 3.05) is 31.0 Å². The molecule has 0 aromatic heterocycles. The molecule has 2 aromatic carbocycles. The Labute approximate surface area is 168 Å². The van der Waals surface area contributed by atoms with E-state index in [1.807, 2.05) is 6.07 Å². The summed E-state index contributed by atoms with van der Waals surface area (Å²) in [6.45, 7) is 0. The van der Waals surface area contributed by atoms with Gasteiger partial charge in [0.1, 0.15) is 6.04 Å². The third kappa shape index (κ3) is 4.21. The zero-order chi connectivity index (χ0) is 20.3. The van der Waals surface area contributed by atoms with Crippen LogP contribution in [0.4, 0.5) is 5.69 Å². The molecule has 1 aliphatic heterocycles. The van der Waals surface area contributed by atoms with E-state index in [2.05, 4.69) is 5.32 Å². The van der Waals surface area contributed by atoms with Crippen LogP contribution in [-0.4, -0.2) is 61.2 Å². The molecule has 7 nitrogen and oxygen atoms in total. The molecule has 2 amide bonds. The van der Waals surface area contributed by atoms with Gasteiger partial charge in [-0.2, -0.15) is 0 Å². The summed E-state index contributed by atoms with van der Waals surface area (Å²) in [6.07, 6.45) is 0. The van der Waals surface area contributed by atoms with E-state index < -0.39 is 16.1 Å². The Morgan fingerprint density at radius 3 is 2.32 bits per heavy atom. The molecule has 148 valence electrons. The van der Waals surface area contributed by atoms with Gasteiger partial charge in [0.25, 0.3) is 5.91 Å². The van der Waals surface area contributed by atoms with Crippen molar-refractivity contribution in [1.82, 2.24) is 9.21 Å². The van der Waals surface area contributed by atoms with Crippen LogP contribution in [0.25, 0.3) is 0 Å². The predicted molar refractivity (Wildman–Crippen MR) is 110 cm³/mol.